The topological polar surface area (TPSA) is 94.1 Å². The summed E-state index contributed by atoms with van der Waals surface area (Å²) in [7, 11) is 1.42. The van der Waals surface area contributed by atoms with Crippen LogP contribution in [-0.2, 0) is 9.53 Å². The summed E-state index contributed by atoms with van der Waals surface area (Å²) in [6.45, 7) is 9.72. The second-order valence-corrected chi connectivity index (χ2v) is 6.70. The van der Waals surface area contributed by atoms with Gasteiger partial charge in [0.05, 0.1) is 16.4 Å². The first-order chi connectivity index (χ1) is 13.1. The Morgan fingerprint density at radius 3 is 2.00 bits per heavy atom. The minimum atomic E-state index is -2.12. The van der Waals surface area contributed by atoms with Crippen molar-refractivity contribution in [3.63, 3.8) is 0 Å². The van der Waals surface area contributed by atoms with Gasteiger partial charge in [0.25, 0.3) is 0 Å². The van der Waals surface area contributed by atoms with E-state index in [0.717, 1.165) is 43.3 Å². The highest BCUT2D eigenvalue weighted by molar-refractivity contribution is 5.88. The van der Waals surface area contributed by atoms with Crippen molar-refractivity contribution < 1.29 is 17.4 Å². The summed E-state index contributed by atoms with van der Waals surface area (Å²) in [5.74, 6) is 0.833. The lowest BCUT2D eigenvalue weighted by Crippen LogP contribution is -2.12. The van der Waals surface area contributed by atoms with Crippen molar-refractivity contribution in [1.82, 2.24) is 0 Å². The van der Waals surface area contributed by atoms with Crippen molar-refractivity contribution in [2.45, 2.75) is 52.4 Å². The van der Waals surface area contributed by atoms with Gasteiger partial charge in [-0.2, -0.15) is 0 Å². The zero-order chi connectivity index (χ0) is 21.9. The number of rotatable bonds is 4. The lowest BCUT2D eigenvalue weighted by atomic mass is 9.85. The van der Waals surface area contributed by atoms with Crippen LogP contribution in [0.15, 0.2) is 47.6 Å². The Balaban J connectivity index is 0.000000478. The van der Waals surface area contributed by atoms with Crippen molar-refractivity contribution in [3.8, 4) is 0 Å². The van der Waals surface area contributed by atoms with E-state index in [4.69, 9.17) is 18.6 Å². The van der Waals surface area contributed by atoms with E-state index in [-0.39, 0.29) is 5.97 Å². The Morgan fingerprint density at radius 1 is 1.19 bits per heavy atom. The summed E-state index contributed by atoms with van der Waals surface area (Å²) < 4.78 is 18.9. The maximum Gasteiger partial charge on any atom is 0.333 e. The van der Waals surface area contributed by atoms with Crippen LogP contribution < -0.4 is 0 Å². The van der Waals surface area contributed by atoms with E-state index in [1.165, 1.54) is 12.7 Å². The third kappa shape index (κ3) is 8.26. The Hall–Kier alpha value is -2.19. The molecule has 0 aromatic rings. The summed E-state index contributed by atoms with van der Waals surface area (Å²) in [6.07, 6.45) is 8.92. The van der Waals surface area contributed by atoms with Gasteiger partial charge in [-0.1, -0.05) is 36.5 Å². The van der Waals surface area contributed by atoms with E-state index >= 15 is 0 Å². The second kappa shape index (κ2) is 13.1. The van der Waals surface area contributed by atoms with Crippen LogP contribution >= 0.6 is 0 Å². The number of esters is 1. The molecule has 2 rings (SSSR count). The number of carbonyl (C=O) groups excluding carboxylic acids is 1. The van der Waals surface area contributed by atoms with Gasteiger partial charge in [0, 0.05) is 16.4 Å². The summed E-state index contributed by atoms with van der Waals surface area (Å²) in [5, 5.41) is 21.1. The molecule has 2 atom stereocenters. The van der Waals surface area contributed by atoms with Gasteiger partial charge in [-0.15, -0.1) is 0 Å². The molecule has 5 nitrogen and oxygen atoms in total. The van der Waals surface area contributed by atoms with Gasteiger partial charge < -0.3 is 9.84 Å². The van der Waals surface area contributed by atoms with Crippen LogP contribution in [-0.4, -0.2) is 24.7 Å². The predicted octanol–water partition coefficient (Wildman–Crippen LogP) is 4.77. The summed E-state index contributed by atoms with van der Waals surface area (Å²) in [5.41, 5.74) is 3.69. The molecule has 0 spiro atoms. The summed E-state index contributed by atoms with van der Waals surface area (Å²) in [4.78, 5) is 11.1. The van der Waals surface area contributed by atoms with Crippen LogP contribution in [0, 0.1) is 22.6 Å². The number of methoxy groups -OCH3 is 1. The molecular weight excluding hydrogens is 328 g/mol. The fraction of sp³-hybridized carbons (Fsp3) is 0.571. The van der Waals surface area contributed by atoms with Gasteiger partial charge in [0.15, 0.2) is 0 Å². The maximum atomic E-state index is 11.1. The molecule has 0 saturated carbocycles. The zero-order valence-electron chi connectivity index (χ0n) is 18.1. The van der Waals surface area contributed by atoms with Crippen LogP contribution in [0.1, 0.15) is 55.1 Å². The largest absolute Gasteiger partial charge is 0.466 e. The first-order valence-corrected chi connectivity index (χ1v) is 8.76. The van der Waals surface area contributed by atoms with E-state index in [1.54, 1.807) is 0 Å². The molecule has 0 saturated heterocycles. The predicted molar refractivity (Wildman–Crippen MR) is 103 cm³/mol. The quantitative estimate of drug-likeness (QED) is 0.441. The second-order valence-electron chi connectivity index (χ2n) is 6.70. The Labute approximate surface area is 160 Å². The average molecular weight is 363 g/mol. The molecule has 1 N–H and O–H groups in total. The normalized spacial score (nSPS) is 23.2. The van der Waals surface area contributed by atoms with Crippen molar-refractivity contribution >= 4 is 5.97 Å². The van der Waals surface area contributed by atoms with Crippen LogP contribution in [0.4, 0.5) is 0 Å². The fourth-order valence-electron chi connectivity index (χ4n) is 2.98. The Kier molecular flexibility index (Phi) is 10.1. The molecule has 0 aliphatic heterocycles. The van der Waals surface area contributed by atoms with Crippen LogP contribution in [0.2, 0.25) is 0 Å². The van der Waals surface area contributed by atoms with Crippen molar-refractivity contribution in [1.29, 1.82) is 10.8 Å². The highest BCUT2D eigenvalue weighted by atomic mass is 16.5. The van der Waals surface area contributed by atoms with Crippen LogP contribution in [0.25, 0.3) is 0 Å². The van der Waals surface area contributed by atoms with Crippen molar-refractivity contribution in [2.75, 3.05) is 13.7 Å². The van der Waals surface area contributed by atoms with Gasteiger partial charge in [-0.05, 0) is 69.8 Å². The summed E-state index contributed by atoms with van der Waals surface area (Å²) >= 11 is 0. The van der Waals surface area contributed by atoms with Crippen LogP contribution in [0.5, 0.6) is 0 Å². The highest BCUT2D eigenvalue weighted by Crippen LogP contribution is 2.28. The fourth-order valence-corrected chi connectivity index (χ4v) is 2.98. The molecule has 0 heterocycles. The molecule has 5 heteroatoms. The number of carbonyl (C=O) groups is 1. The minimum absolute atomic E-state index is 0.180. The smallest absolute Gasteiger partial charge is 0.333 e. The third-order valence-electron chi connectivity index (χ3n) is 4.81. The average Bonchev–Trinajstić information content (AvgIpc) is 2.69. The molecule has 26 heavy (non-hydrogen) atoms. The van der Waals surface area contributed by atoms with Crippen molar-refractivity contribution in [3.05, 3.63) is 47.6 Å². The maximum absolute atomic E-state index is 11.1. The van der Waals surface area contributed by atoms with E-state index in [0.29, 0.717) is 23.8 Å². The molecule has 2 aliphatic rings. The number of ether oxygens (including phenoxy) is 1. The first-order valence-electron chi connectivity index (χ1n) is 9.76. The number of hydrogen-bond acceptors (Lipinski definition) is 5. The van der Waals surface area contributed by atoms with E-state index in [1.807, 2.05) is 26.0 Å². The molecular formula is C21H32N2O3. The minimum Gasteiger partial charge on any atom is -0.466 e. The first kappa shape index (κ1) is 20.1. The summed E-state index contributed by atoms with van der Waals surface area (Å²) in [6, 6.07) is 0. The Morgan fingerprint density at radius 2 is 1.69 bits per heavy atom. The van der Waals surface area contributed by atoms with Crippen LogP contribution in [0.3, 0.4) is 0 Å². The lowest BCUT2D eigenvalue weighted by molar-refractivity contribution is -0.136. The standard InChI is InChI=1S/C11H16O2.C10H16O.N2/c1-8(2)9-4-6-10(7-5-9)11(12)13-3;1-8(2)10-5-3-9(7-11)4-6-10;1-2/h6,9H,1,4-5,7H2,2-3H3;3,10-11H,1,4-7H2,2H3;/t9-;10-;/m11./s1/i;7D2;. The van der Waals surface area contributed by atoms with E-state index in [2.05, 4.69) is 17.9 Å². The molecule has 0 radical (unpaired) electrons. The third-order valence-corrected chi connectivity index (χ3v) is 4.81. The molecule has 0 fully saturated rings. The van der Waals surface area contributed by atoms with E-state index < -0.39 is 6.56 Å². The van der Waals surface area contributed by atoms with E-state index in [9.17, 15) is 4.79 Å². The van der Waals surface area contributed by atoms with Gasteiger partial charge in [0.2, 0.25) is 0 Å². The van der Waals surface area contributed by atoms with Gasteiger partial charge >= 0.3 is 5.97 Å². The highest BCUT2D eigenvalue weighted by Gasteiger charge is 2.19. The number of nitrogens with zero attached hydrogens (tertiary/aromatic N) is 2. The molecule has 0 bridgehead atoms. The van der Waals surface area contributed by atoms with Gasteiger partial charge in [-0.25, -0.2) is 4.79 Å². The molecule has 0 aromatic heterocycles. The van der Waals surface area contributed by atoms with Gasteiger partial charge in [0.1, 0.15) is 0 Å². The molecule has 144 valence electrons. The number of aliphatic hydroxyl groups is 1. The lowest BCUT2D eigenvalue weighted by Gasteiger charge is -2.20. The van der Waals surface area contributed by atoms with Crippen molar-refractivity contribution in [2.24, 2.45) is 11.8 Å². The Bertz CT molecular complexity index is 646. The number of allylic oxidation sites excluding steroid dienone is 4. The monoisotopic (exact) mass is 362 g/mol. The molecule has 0 unspecified atom stereocenters. The molecule has 0 amide bonds. The SMILES string of the molecule is C=C(C)[C@@H]1CC=C(C(=O)OC)CC1.N#N.[2H]C([2H])(O)C1=CC[C@@H](C(=C)C)CC1. The number of hydrogen-bond donors (Lipinski definition) is 1. The zero-order valence-corrected chi connectivity index (χ0v) is 16.1. The van der Waals surface area contributed by atoms with Gasteiger partial charge in [-0.3, -0.25) is 0 Å². The molecule has 0 aromatic carbocycles. The molecule has 2 aliphatic carbocycles.